The quantitative estimate of drug-likeness (QED) is 0.611. The standard InChI is InChI=1S/C10H9BrN2/c11-10(12)8-5-1-3-7-4-2-6-13-9(7)8/h1-6,10H,12H2. The van der Waals surface area contributed by atoms with Crippen molar-refractivity contribution in [2.45, 2.75) is 4.95 Å². The van der Waals surface area contributed by atoms with Crippen molar-refractivity contribution in [3.63, 3.8) is 0 Å². The molecule has 0 saturated carbocycles. The van der Waals surface area contributed by atoms with E-state index in [1.54, 1.807) is 6.20 Å². The number of hydrogen-bond acceptors (Lipinski definition) is 2. The van der Waals surface area contributed by atoms with Crippen LogP contribution in [-0.2, 0) is 0 Å². The molecule has 3 heteroatoms. The molecule has 1 aromatic carbocycles. The van der Waals surface area contributed by atoms with Crippen molar-refractivity contribution in [3.05, 3.63) is 42.1 Å². The predicted octanol–water partition coefficient (Wildman–Crippen LogP) is 2.59. The predicted molar refractivity (Wildman–Crippen MR) is 57.6 cm³/mol. The van der Waals surface area contributed by atoms with Gasteiger partial charge in [0.2, 0.25) is 0 Å². The van der Waals surface area contributed by atoms with Gasteiger partial charge < -0.3 is 5.73 Å². The fourth-order valence-electron chi connectivity index (χ4n) is 1.35. The molecule has 0 amide bonds. The van der Waals surface area contributed by atoms with Crippen LogP contribution in [0.5, 0.6) is 0 Å². The molecule has 0 spiro atoms. The van der Waals surface area contributed by atoms with E-state index in [0.29, 0.717) is 0 Å². The van der Waals surface area contributed by atoms with Crippen molar-refractivity contribution in [1.82, 2.24) is 4.98 Å². The minimum atomic E-state index is -0.147. The molecule has 0 aliphatic rings. The van der Waals surface area contributed by atoms with Crippen LogP contribution in [0.4, 0.5) is 0 Å². The van der Waals surface area contributed by atoms with E-state index in [4.69, 9.17) is 5.73 Å². The lowest BCUT2D eigenvalue weighted by molar-refractivity contribution is 1.06. The average molecular weight is 237 g/mol. The summed E-state index contributed by atoms with van der Waals surface area (Å²) in [6.45, 7) is 0. The molecule has 1 aromatic heterocycles. The van der Waals surface area contributed by atoms with Crippen LogP contribution in [-0.4, -0.2) is 4.98 Å². The van der Waals surface area contributed by atoms with Gasteiger partial charge in [-0.05, 0) is 6.07 Å². The van der Waals surface area contributed by atoms with Crippen LogP contribution in [0.15, 0.2) is 36.5 Å². The Hall–Kier alpha value is -0.930. The van der Waals surface area contributed by atoms with Gasteiger partial charge in [0, 0.05) is 17.1 Å². The third-order valence-corrected chi connectivity index (χ3v) is 2.45. The summed E-state index contributed by atoms with van der Waals surface area (Å²) in [5.41, 5.74) is 7.75. The largest absolute Gasteiger partial charge is 0.315 e. The van der Waals surface area contributed by atoms with Crippen LogP contribution in [0.25, 0.3) is 10.9 Å². The van der Waals surface area contributed by atoms with Gasteiger partial charge in [0.05, 0.1) is 10.5 Å². The van der Waals surface area contributed by atoms with Gasteiger partial charge in [0.25, 0.3) is 0 Å². The molecule has 1 atom stereocenters. The van der Waals surface area contributed by atoms with Gasteiger partial charge in [-0.15, -0.1) is 0 Å². The highest BCUT2D eigenvalue weighted by molar-refractivity contribution is 9.09. The van der Waals surface area contributed by atoms with Crippen LogP contribution in [0, 0.1) is 0 Å². The minimum absolute atomic E-state index is 0.147. The summed E-state index contributed by atoms with van der Waals surface area (Å²) in [6, 6.07) is 9.95. The molecule has 0 aliphatic carbocycles. The number of halogens is 1. The van der Waals surface area contributed by atoms with Crippen molar-refractivity contribution in [3.8, 4) is 0 Å². The first-order chi connectivity index (χ1) is 6.29. The zero-order valence-electron chi connectivity index (χ0n) is 6.94. The number of hydrogen-bond donors (Lipinski definition) is 1. The monoisotopic (exact) mass is 236 g/mol. The smallest absolute Gasteiger partial charge is 0.0882 e. The van der Waals surface area contributed by atoms with Gasteiger partial charge in [-0.2, -0.15) is 0 Å². The second-order valence-corrected chi connectivity index (χ2v) is 3.81. The summed E-state index contributed by atoms with van der Waals surface area (Å²) in [5.74, 6) is 0. The second-order valence-electron chi connectivity index (χ2n) is 2.82. The first-order valence-corrected chi connectivity index (χ1v) is 4.94. The van der Waals surface area contributed by atoms with Crippen LogP contribution in [0.2, 0.25) is 0 Å². The van der Waals surface area contributed by atoms with Crippen LogP contribution in [0.1, 0.15) is 10.5 Å². The molecule has 2 N–H and O–H groups in total. The molecule has 0 fully saturated rings. The van der Waals surface area contributed by atoms with Gasteiger partial charge in [-0.1, -0.05) is 40.2 Å². The third-order valence-electron chi connectivity index (χ3n) is 1.96. The number of alkyl halides is 1. The molecule has 0 aliphatic heterocycles. The number of pyridine rings is 1. The number of nitrogens with zero attached hydrogens (tertiary/aromatic N) is 1. The maximum Gasteiger partial charge on any atom is 0.0882 e. The van der Waals surface area contributed by atoms with E-state index in [1.807, 2.05) is 30.3 Å². The minimum Gasteiger partial charge on any atom is -0.315 e. The number of nitrogens with two attached hydrogens (primary N) is 1. The molecular formula is C10H9BrN2. The topological polar surface area (TPSA) is 38.9 Å². The zero-order valence-corrected chi connectivity index (χ0v) is 8.53. The fourth-order valence-corrected chi connectivity index (χ4v) is 1.72. The van der Waals surface area contributed by atoms with E-state index in [-0.39, 0.29) is 4.95 Å². The lowest BCUT2D eigenvalue weighted by atomic mass is 10.1. The Morgan fingerprint density at radius 1 is 1.23 bits per heavy atom. The summed E-state index contributed by atoms with van der Waals surface area (Å²) >= 11 is 3.34. The Labute approximate surface area is 84.9 Å². The van der Waals surface area contributed by atoms with Gasteiger partial charge in [0.1, 0.15) is 0 Å². The summed E-state index contributed by atoms with van der Waals surface area (Å²) in [6.07, 6.45) is 1.78. The Bertz CT molecular complexity index is 421. The Balaban J connectivity index is 2.76. The number of aromatic nitrogens is 1. The van der Waals surface area contributed by atoms with Crippen LogP contribution in [0.3, 0.4) is 0 Å². The highest BCUT2D eigenvalue weighted by Crippen LogP contribution is 2.23. The molecule has 1 heterocycles. The first-order valence-electron chi connectivity index (χ1n) is 4.02. The summed E-state index contributed by atoms with van der Waals surface area (Å²) in [7, 11) is 0. The molecule has 2 aromatic rings. The molecule has 0 saturated heterocycles. The third kappa shape index (κ3) is 1.57. The molecule has 0 bridgehead atoms. The van der Waals surface area contributed by atoms with Crippen molar-refractivity contribution in [1.29, 1.82) is 0 Å². The second kappa shape index (κ2) is 3.44. The lowest BCUT2D eigenvalue weighted by Crippen LogP contribution is -2.02. The molecular weight excluding hydrogens is 228 g/mol. The van der Waals surface area contributed by atoms with E-state index in [1.165, 1.54) is 0 Å². The summed E-state index contributed by atoms with van der Waals surface area (Å²) in [5, 5.41) is 1.12. The van der Waals surface area contributed by atoms with E-state index in [2.05, 4.69) is 20.9 Å². The number of para-hydroxylation sites is 1. The molecule has 0 radical (unpaired) electrons. The van der Waals surface area contributed by atoms with Gasteiger partial charge in [-0.25, -0.2) is 0 Å². The molecule has 13 heavy (non-hydrogen) atoms. The maximum atomic E-state index is 5.76. The Kier molecular flexibility index (Phi) is 2.29. The van der Waals surface area contributed by atoms with Crippen molar-refractivity contribution in [2.75, 3.05) is 0 Å². The van der Waals surface area contributed by atoms with E-state index in [9.17, 15) is 0 Å². The van der Waals surface area contributed by atoms with Crippen molar-refractivity contribution >= 4 is 26.8 Å². The highest BCUT2D eigenvalue weighted by Gasteiger charge is 2.05. The molecule has 2 rings (SSSR count). The summed E-state index contributed by atoms with van der Waals surface area (Å²) < 4.78 is 0. The highest BCUT2D eigenvalue weighted by atomic mass is 79.9. The van der Waals surface area contributed by atoms with Gasteiger partial charge in [-0.3, -0.25) is 4.98 Å². The molecule has 1 unspecified atom stereocenters. The van der Waals surface area contributed by atoms with E-state index >= 15 is 0 Å². The lowest BCUT2D eigenvalue weighted by Gasteiger charge is -2.06. The number of benzene rings is 1. The number of rotatable bonds is 1. The van der Waals surface area contributed by atoms with Crippen molar-refractivity contribution < 1.29 is 0 Å². The van der Waals surface area contributed by atoms with Crippen LogP contribution >= 0.6 is 15.9 Å². The zero-order chi connectivity index (χ0) is 9.26. The average Bonchev–Trinajstić information content (AvgIpc) is 2.17. The van der Waals surface area contributed by atoms with Gasteiger partial charge in [0.15, 0.2) is 0 Å². The summed E-state index contributed by atoms with van der Waals surface area (Å²) in [4.78, 5) is 4.15. The van der Waals surface area contributed by atoms with E-state index in [0.717, 1.165) is 16.5 Å². The maximum absolute atomic E-state index is 5.76. The molecule has 66 valence electrons. The van der Waals surface area contributed by atoms with E-state index < -0.39 is 0 Å². The fraction of sp³-hybridized carbons (Fsp3) is 0.100. The van der Waals surface area contributed by atoms with Crippen molar-refractivity contribution in [2.24, 2.45) is 5.73 Å². The number of fused-ring (bicyclic) bond motifs is 1. The Morgan fingerprint density at radius 2 is 2.00 bits per heavy atom. The SMILES string of the molecule is NC(Br)c1cccc2cccnc12. The Morgan fingerprint density at radius 3 is 2.77 bits per heavy atom. The first kappa shape index (κ1) is 8.66. The normalized spacial score (nSPS) is 13.1. The van der Waals surface area contributed by atoms with Crippen LogP contribution < -0.4 is 5.73 Å². The van der Waals surface area contributed by atoms with Gasteiger partial charge >= 0.3 is 0 Å². The molecule has 2 nitrogen and oxygen atoms in total.